The van der Waals surface area contributed by atoms with Gasteiger partial charge in [-0.2, -0.15) is 4.31 Å². The van der Waals surface area contributed by atoms with Crippen molar-refractivity contribution in [2.24, 2.45) is 0 Å². The second-order valence-corrected chi connectivity index (χ2v) is 9.05. The number of rotatable bonds is 6. The van der Waals surface area contributed by atoms with E-state index in [1.165, 1.54) is 16.4 Å². The Hall–Kier alpha value is -2.88. The molecule has 4 rings (SSSR count). The molecule has 0 bridgehead atoms. The molecule has 0 saturated carbocycles. The van der Waals surface area contributed by atoms with E-state index in [0.717, 1.165) is 5.39 Å². The summed E-state index contributed by atoms with van der Waals surface area (Å²) in [5, 5.41) is 3.61. The number of sulfonamides is 1. The van der Waals surface area contributed by atoms with Crippen LogP contribution in [0.25, 0.3) is 11.0 Å². The molecule has 1 aliphatic rings. The van der Waals surface area contributed by atoms with Crippen molar-refractivity contribution in [3.8, 4) is 5.75 Å². The summed E-state index contributed by atoms with van der Waals surface area (Å²) in [7, 11) is -3.72. The fraction of sp³-hybridized carbons (Fsp3) is 0.318. The number of furan rings is 1. The smallest absolute Gasteiger partial charge is 0.291 e. The van der Waals surface area contributed by atoms with E-state index in [-0.39, 0.29) is 29.4 Å². The molecule has 0 atom stereocenters. The molecule has 1 saturated heterocycles. The number of aryl methyl sites for hydroxylation is 1. The minimum Gasteiger partial charge on any atom is -0.492 e. The molecular formula is C22H24N2O6S. The summed E-state index contributed by atoms with van der Waals surface area (Å²) in [5.74, 6) is 0.0752. The third-order valence-electron chi connectivity index (χ3n) is 5.16. The first kappa shape index (κ1) is 21.4. The number of fused-ring (bicyclic) bond motifs is 1. The van der Waals surface area contributed by atoms with E-state index in [1.807, 2.05) is 32.0 Å². The molecule has 1 aliphatic heterocycles. The number of nitrogens with zero attached hydrogens (tertiary/aromatic N) is 1. The predicted molar refractivity (Wildman–Crippen MR) is 116 cm³/mol. The van der Waals surface area contributed by atoms with Gasteiger partial charge in [0.1, 0.15) is 11.3 Å². The Balaban J connectivity index is 1.68. The average molecular weight is 445 g/mol. The average Bonchev–Trinajstić information content (AvgIpc) is 3.12. The van der Waals surface area contributed by atoms with Crippen molar-refractivity contribution < 1.29 is 27.1 Å². The molecule has 3 aromatic rings. The zero-order chi connectivity index (χ0) is 22.0. The van der Waals surface area contributed by atoms with Gasteiger partial charge in [-0.1, -0.05) is 18.2 Å². The second-order valence-electron chi connectivity index (χ2n) is 7.11. The molecule has 2 aromatic carbocycles. The number of ether oxygens (including phenoxy) is 2. The topological polar surface area (TPSA) is 98.1 Å². The fourth-order valence-electron chi connectivity index (χ4n) is 3.55. The van der Waals surface area contributed by atoms with Crippen molar-refractivity contribution in [2.75, 3.05) is 38.2 Å². The summed E-state index contributed by atoms with van der Waals surface area (Å²) in [6.07, 6.45) is 0. The Kier molecular flexibility index (Phi) is 5.99. The maximum atomic E-state index is 13.0. The highest BCUT2D eigenvalue weighted by atomic mass is 32.2. The Morgan fingerprint density at radius 1 is 1.16 bits per heavy atom. The van der Waals surface area contributed by atoms with Crippen LogP contribution in [0, 0.1) is 6.92 Å². The molecule has 1 N–H and O–H groups in total. The molecule has 2 heterocycles. The second kappa shape index (κ2) is 8.70. The molecule has 31 heavy (non-hydrogen) atoms. The molecule has 1 amide bonds. The molecule has 9 heteroatoms. The molecule has 0 radical (unpaired) electrons. The number of para-hydroxylation sites is 1. The predicted octanol–water partition coefficient (Wildman–Crippen LogP) is 3.41. The Labute approximate surface area is 180 Å². The van der Waals surface area contributed by atoms with Crippen LogP contribution in [0.2, 0.25) is 0 Å². The summed E-state index contributed by atoms with van der Waals surface area (Å²) < 4.78 is 44.0. The number of carbonyl (C=O) groups excluding carboxylic acids is 1. The lowest BCUT2D eigenvalue weighted by atomic mass is 10.1. The van der Waals surface area contributed by atoms with Crippen molar-refractivity contribution in [2.45, 2.75) is 18.7 Å². The van der Waals surface area contributed by atoms with Gasteiger partial charge in [-0.3, -0.25) is 4.79 Å². The van der Waals surface area contributed by atoms with Gasteiger partial charge in [0.25, 0.3) is 5.91 Å². The van der Waals surface area contributed by atoms with E-state index in [0.29, 0.717) is 36.7 Å². The molecule has 0 unspecified atom stereocenters. The summed E-state index contributed by atoms with van der Waals surface area (Å²) in [4.78, 5) is 13.1. The summed E-state index contributed by atoms with van der Waals surface area (Å²) in [6.45, 7) is 5.26. The van der Waals surface area contributed by atoms with Gasteiger partial charge in [0.05, 0.1) is 30.4 Å². The molecular weight excluding hydrogens is 420 g/mol. The maximum Gasteiger partial charge on any atom is 0.291 e. The van der Waals surface area contributed by atoms with E-state index >= 15 is 0 Å². The van der Waals surface area contributed by atoms with E-state index in [1.54, 1.807) is 12.1 Å². The molecule has 164 valence electrons. The first-order valence-corrected chi connectivity index (χ1v) is 11.5. The summed E-state index contributed by atoms with van der Waals surface area (Å²) >= 11 is 0. The van der Waals surface area contributed by atoms with E-state index < -0.39 is 15.9 Å². The van der Waals surface area contributed by atoms with Crippen molar-refractivity contribution in [3.63, 3.8) is 0 Å². The monoisotopic (exact) mass is 444 g/mol. The number of nitrogens with one attached hydrogen (secondary N) is 1. The number of anilines is 1. The quantitative estimate of drug-likeness (QED) is 0.626. The van der Waals surface area contributed by atoms with Crippen LogP contribution in [0.5, 0.6) is 5.75 Å². The highest BCUT2D eigenvalue weighted by molar-refractivity contribution is 7.89. The van der Waals surface area contributed by atoms with Crippen LogP contribution in [0.3, 0.4) is 0 Å². The van der Waals surface area contributed by atoms with Gasteiger partial charge in [0, 0.05) is 24.0 Å². The first-order chi connectivity index (χ1) is 14.9. The number of hydrogen-bond acceptors (Lipinski definition) is 6. The number of benzene rings is 2. The van der Waals surface area contributed by atoms with Crippen molar-refractivity contribution >= 4 is 32.6 Å². The third-order valence-corrected chi connectivity index (χ3v) is 7.05. The van der Waals surface area contributed by atoms with Gasteiger partial charge in [0.15, 0.2) is 5.76 Å². The van der Waals surface area contributed by atoms with E-state index in [4.69, 9.17) is 13.9 Å². The van der Waals surface area contributed by atoms with Gasteiger partial charge >= 0.3 is 0 Å². The number of morpholine rings is 1. The molecule has 1 fully saturated rings. The minimum absolute atomic E-state index is 0.0782. The molecule has 0 spiro atoms. The van der Waals surface area contributed by atoms with Crippen molar-refractivity contribution in [3.05, 3.63) is 53.8 Å². The van der Waals surface area contributed by atoms with Gasteiger partial charge in [-0.25, -0.2) is 8.42 Å². The lowest BCUT2D eigenvalue weighted by Gasteiger charge is -2.26. The van der Waals surface area contributed by atoms with E-state index in [2.05, 4.69) is 5.32 Å². The van der Waals surface area contributed by atoms with Crippen LogP contribution in [0.1, 0.15) is 23.0 Å². The zero-order valence-corrected chi connectivity index (χ0v) is 18.2. The van der Waals surface area contributed by atoms with Crippen LogP contribution < -0.4 is 10.1 Å². The van der Waals surface area contributed by atoms with Gasteiger partial charge in [0.2, 0.25) is 10.0 Å². The number of carbonyl (C=O) groups is 1. The summed E-state index contributed by atoms with van der Waals surface area (Å²) in [5.41, 5.74) is 1.59. The third kappa shape index (κ3) is 4.16. The lowest BCUT2D eigenvalue weighted by molar-refractivity contribution is 0.0730. The highest BCUT2D eigenvalue weighted by Gasteiger charge is 2.28. The molecule has 0 aliphatic carbocycles. The van der Waals surface area contributed by atoms with Gasteiger partial charge < -0.3 is 19.2 Å². The highest BCUT2D eigenvalue weighted by Crippen LogP contribution is 2.31. The van der Waals surface area contributed by atoms with Crippen LogP contribution in [0.15, 0.2) is 51.8 Å². The SMILES string of the molecule is CCOc1ccc(S(=O)(=O)N2CCOCC2)cc1NC(=O)c1oc2ccccc2c1C. The van der Waals surface area contributed by atoms with Crippen LogP contribution >= 0.6 is 0 Å². The Bertz CT molecular complexity index is 1210. The normalized spacial score (nSPS) is 15.2. The Morgan fingerprint density at radius 3 is 2.61 bits per heavy atom. The Morgan fingerprint density at radius 2 is 1.90 bits per heavy atom. The maximum absolute atomic E-state index is 13.0. The lowest BCUT2D eigenvalue weighted by Crippen LogP contribution is -2.40. The van der Waals surface area contributed by atoms with Crippen molar-refractivity contribution in [1.82, 2.24) is 4.31 Å². The summed E-state index contributed by atoms with van der Waals surface area (Å²) in [6, 6.07) is 11.8. The minimum atomic E-state index is -3.72. The number of hydrogen-bond donors (Lipinski definition) is 1. The fourth-order valence-corrected chi connectivity index (χ4v) is 4.99. The van der Waals surface area contributed by atoms with Gasteiger partial charge in [-0.05, 0) is 38.1 Å². The van der Waals surface area contributed by atoms with Crippen LogP contribution in [-0.4, -0.2) is 51.5 Å². The first-order valence-electron chi connectivity index (χ1n) is 10.1. The van der Waals surface area contributed by atoms with Gasteiger partial charge in [-0.15, -0.1) is 0 Å². The van der Waals surface area contributed by atoms with Crippen molar-refractivity contribution in [1.29, 1.82) is 0 Å². The van der Waals surface area contributed by atoms with E-state index in [9.17, 15) is 13.2 Å². The van der Waals surface area contributed by atoms with Crippen LogP contribution in [0.4, 0.5) is 5.69 Å². The number of amides is 1. The standard InChI is InChI=1S/C22H24N2O6S/c1-3-29-20-9-8-16(31(26,27)24-10-12-28-13-11-24)14-18(20)23-22(25)21-15(2)17-6-4-5-7-19(17)30-21/h4-9,14H,3,10-13H2,1-2H3,(H,23,25). The zero-order valence-electron chi connectivity index (χ0n) is 17.4. The molecule has 8 nitrogen and oxygen atoms in total. The molecule has 1 aromatic heterocycles. The van der Waals surface area contributed by atoms with Crippen LogP contribution in [-0.2, 0) is 14.8 Å². The largest absolute Gasteiger partial charge is 0.492 e.